The summed E-state index contributed by atoms with van der Waals surface area (Å²) in [5, 5.41) is 0. The van der Waals surface area contributed by atoms with Crippen LogP contribution >= 0.6 is 39.6 Å². The van der Waals surface area contributed by atoms with Crippen molar-refractivity contribution in [3.8, 4) is 5.75 Å². The highest BCUT2D eigenvalue weighted by Gasteiger charge is 2.02. The second-order valence-corrected chi connectivity index (χ2v) is 6.75. The van der Waals surface area contributed by atoms with Gasteiger partial charge in [0, 0.05) is 21.9 Å². The molecule has 0 heterocycles. The lowest BCUT2D eigenvalue weighted by Crippen LogP contribution is -2.04. The van der Waals surface area contributed by atoms with E-state index < -0.39 is 0 Å². The molecule has 1 aromatic rings. The molecular weight excluding hydrogens is 352 g/mol. The Bertz CT molecular complexity index is 355. The van der Waals surface area contributed by atoms with Crippen molar-refractivity contribution in [2.75, 3.05) is 19.0 Å². The van der Waals surface area contributed by atoms with E-state index in [4.69, 9.17) is 20.5 Å². The third kappa shape index (κ3) is 6.47. The molecule has 102 valence electrons. The largest absolute Gasteiger partial charge is 0.490 e. The Kier molecular flexibility index (Phi) is 9.23. The first kappa shape index (κ1) is 16.4. The van der Waals surface area contributed by atoms with E-state index in [1.54, 1.807) is 0 Å². The molecule has 0 aliphatic heterocycles. The van der Waals surface area contributed by atoms with Crippen LogP contribution in [0.15, 0.2) is 22.7 Å². The maximum absolute atomic E-state index is 5.79. The standard InChI is InChI=1S/C12H18BrClO2SSi/c13-11-3-2-10(9-14)8-12(11)15-4-5-16-17-6-1-7-18/h2-3,8H,1,4-7,9H2,18H3. The Morgan fingerprint density at radius 3 is 2.89 bits per heavy atom. The minimum Gasteiger partial charge on any atom is -0.490 e. The number of ether oxygens (including phenoxy) is 1. The summed E-state index contributed by atoms with van der Waals surface area (Å²) < 4.78 is 12.0. The Morgan fingerprint density at radius 1 is 1.33 bits per heavy atom. The fraction of sp³-hybridized carbons (Fsp3) is 0.500. The van der Waals surface area contributed by atoms with Gasteiger partial charge in [-0.3, -0.25) is 0 Å². The molecule has 0 radical (unpaired) electrons. The molecule has 0 amide bonds. The predicted octanol–water partition coefficient (Wildman–Crippen LogP) is 3.41. The van der Waals surface area contributed by atoms with E-state index in [9.17, 15) is 0 Å². The van der Waals surface area contributed by atoms with Gasteiger partial charge in [-0.25, -0.2) is 0 Å². The van der Waals surface area contributed by atoms with Gasteiger partial charge in [0.25, 0.3) is 0 Å². The molecule has 0 N–H and O–H groups in total. The van der Waals surface area contributed by atoms with Crippen LogP contribution in [0.5, 0.6) is 5.75 Å². The van der Waals surface area contributed by atoms with E-state index in [1.807, 2.05) is 18.2 Å². The first-order valence-electron chi connectivity index (χ1n) is 5.99. The number of hydrogen-bond acceptors (Lipinski definition) is 3. The molecule has 1 rings (SSSR count). The smallest absolute Gasteiger partial charge is 0.133 e. The van der Waals surface area contributed by atoms with Crippen LogP contribution in [0.25, 0.3) is 0 Å². The van der Waals surface area contributed by atoms with Crippen molar-refractivity contribution in [3.63, 3.8) is 0 Å². The monoisotopic (exact) mass is 368 g/mol. The minimum atomic E-state index is 0.496. The quantitative estimate of drug-likeness (QED) is 0.288. The molecule has 0 spiro atoms. The van der Waals surface area contributed by atoms with Gasteiger partial charge in [-0.2, -0.15) is 0 Å². The van der Waals surface area contributed by atoms with Gasteiger partial charge in [0.15, 0.2) is 0 Å². The first-order valence-corrected chi connectivity index (χ1v) is 9.64. The lowest BCUT2D eigenvalue weighted by Gasteiger charge is -2.09. The van der Waals surface area contributed by atoms with Crippen LogP contribution in [-0.2, 0) is 10.1 Å². The van der Waals surface area contributed by atoms with E-state index in [2.05, 4.69) is 15.9 Å². The summed E-state index contributed by atoms with van der Waals surface area (Å²) in [5.41, 5.74) is 1.05. The molecule has 0 bridgehead atoms. The van der Waals surface area contributed by atoms with Crippen LogP contribution in [0.1, 0.15) is 12.0 Å². The maximum Gasteiger partial charge on any atom is 0.133 e. The average Bonchev–Trinajstić information content (AvgIpc) is 2.39. The molecule has 1 aromatic carbocycles. The zero-order chi connectivity index (χ0) is 13.2. The van der Waals surface area contributed by atoms with Crippen molar-refractivity contribution in [3.05, 3.63) is 28.2 Å². The molecule has 0 atom stereocenters. The molecule has 0 saturated heterocycles. The fourth-order valence-corrected chi connectivity index (χ4v) is 3.35. The topological polar surface area (TPSA) is 18.5 Å². The molecule has 0 saturated carbocycles. The van der Waals surface area contributed by atoms with Gasteiger partial charge >= 0.3 is 0 Å². The number of alkyl halides is 1. The van der Waals surface area contributed by atoms with Gasteiger partial charge in [0.2, 0.25) is 0 Å². The molecule has 0 unspecified atom stereocenters. The first-order chi connectivity index (χ1) is 8.77. The van der Waals surface area contributed by atoms with Gasteiger partial charge in [0.1, 0.15) is 12.4 Å². The zero-order valence-electron chi connectivity index (χ0n) is 10.5. The fourth-order valence-electron chi connectivity index (χ4n) is 1.25. The van der Waals surface area contributed by atoms with Crippen molar-refractivity contribution < 1.29 is 8.92 Å². The third-order valence-electron chi connectivity index (χ3n) is 2.24. The second-order valence-electron chi connectivity index (χ2n) is 3.74. The van der Waals surface area contributed by atoms with Crippen LogP contribution in [0.3, 0.4) is 0 Å². The van der Waals surface area contributed by atoms with Crippen molar-refractivity contribution in [1.82, 2.24) is 0 Å². The summed E-state index contributed by atoms with van der Waals surface area (Å²) in [5.74, 6) is 2.40. The molecule has 0 fully saturated rings. The molecule has 6 heteroatoms. The minimum absolute atomic E-state index is 0.496. The lowest BCUT2D eigenvalue weighted by atomic mass is 10.2. The average molecular weight is 370 g/mol. The summed E-state index contributed by atoms with van der Waals surface area (Å²) in [4.78, 5) is 0. The number of benzene rings is 1. The maximum atomic E-state index is 5.79. The van der Waals surface area contributed by atoms with E-state index >= 15 is 0 Å². The van der Waals surface area contributed by atoms with E-state index in [0.717, 1.165) is 21.5 Å². The van der Waals surface area contributed by atoms with E-state index in [1.165, 1.54) is 34.8 Å². The molecule has 18 heavy (non-hydrogen) atoms. The van der Waals surface area contributed by atoms with Crippen molar-refractivity contribution in [1.29, 1.82) is 0 Å². The second kappa shape index (κ2) is 10.1. The van der Waals surface area contributed by atoms with E-state index in [0.29, 0.717) is 19.1 Å². The normalized spacial score (nSPS) is 10.8. The van der Waals surface area contributed by atoms with Crippen LogP contribution in [0.4, 0.5) is 0 Å². The number of hydrogen-bond donors (Lipinski definition) is 0. The molecule has 0 aromatic heterocycles. The molecular formula is C12H18BrClO2SSi. The van der Waals surface area contributed by atoms with Crippen molar-refractivity contribution >= 4 is 49.8 Å². The van der Waals surface area contributed by atoms with Crippen LogP contribution < -0.4 is 4.74 Å². The summed E-state index contributed by atoms with van der Waals surface area (Å²) in [6.45, 7) is 1.15. The lowest BCUT2D eigenvalue weighted by molar-refractivity contribution is 0.237. The highest BCUT2D eigenvalue weighted by atomic mass is 79.9. The number of halogens is 2. The van der Waals surface area contributed by atoms with Crippen LogP contribution in [0.2, 0.25) is 6.04 Å². The van der Waals surface area contributed by atoms with Gasteiger partial charge in [-0.05, 0) is 52.1 Å². The zero-order valence-corrected chi connectivity index (χ0v) is 15.6. The highest BCUT2D eigenvalue weighted by molar-refractivity contribution is 9.10. The van der Waals surface area contributed by atoms with Crippen molar-refractivity contribution in [2.45, 2.75) is 18.3 Å². The van der Waals surface area contributed by atoms with Gasteiger partial charge in [-0.1, -0.05) is 12.1 Å². The summed E-state index contributed by atoms with van der Waals surface area (Å²) in [6.07, 6.45) is 1.25. The molecule has 2 nitrogen and oxygen atoms in total. The predicted molar refractivity (Wildman–Crippen MR) is 87.0 cm³/mol. The van der Waals surface area contributed by atoms with Crippen molar-refractivity contribution in [2.24, 2.45) is 0 Å². The highest BCUT2D eigenvalue weighted by Crippen LogP contribution is 2.26. The van der Waals surface area contributed by atoms with Gasteiger partial charge in [-0.15, -0.1) is 11.6 Å². The van der Waals surface area contributed by atoms with Crippen LogP contribution in [0, 0.1) is 0 Å². The third-order valence-corrected chi connectivity index (χ3v) is 4.70. The van der Waals surface area contributed by atoms with Crippen LogP contribution in [-0.4, -0.2) is 29.2 Å². The summed E-state index contributed by atoms with van der Waals surface area (Å²) in [7, 11) is 1.28. The summed E-state index contributed by atoms with van der Waals surface area (Å²) >= 11 is 10.8. The van der Waals surface area contributed by atoms with Gasteiger partial charge < -0.3 is 8.92 Å². The van der Waals surface area contributed by atoms with Gasteiger partial charge in [0.05, 0.1) is 11.1 Å². The Morgan fingerprint density at radius 2 is 2.17 bits per heavy atom. The SMILES string of the molecule is [SiH3]CCCSOCCOc1cc(CCl)ccc1Br. The Balaban J connectivity index is 2.22. The summed E-state index contributed by atoms with van der Waals surface area (Å²) in [6, 6.07) is 7.22. The molecule has 0 aliphatic rings. The van der Waals surface area contributed by atoms with E-state index in [-0.39, 0.29) is 0 Å². The molecule has 0 aliphatic carbocycles. The Labute approximate surface area is 130 Å². The Hall–Kier alpha value is 0.317. The number of rotatable bonds is 9.